The number of amidine groups is 1. The van der Waals surface area contributed by atoms with Crippen LogP contribution in [0.25, 0.3) is 0 Å². The first-order valence-electron chi connectivity index (χ1n) is 9.10. The van der Waals surface area contributed by atoms with E-state index in [1.54, 1.807) is 30.4 Å². The van der Waals surface area contributed by atoms with Crippen LogP contribution in [0.2, 0.25) is 0 Å². The first-order chi connectivity index (χ1) is 13.0. The third-order valence-corrected chi connectivity index (χ3v) is 3.58. The van der Waals surface area contributed by atoms with Crippen molar-refractivity contribution in [3.05, 3.63) is 80.0 Å². The number of allylic oxidation sites excluding steroid dienone is 4. The van der Waals surface area contributed by atoms with E-state index in [2.05, 4.69) is 36.5 Å². The molecule has 1 atom stereocenters. The smallest absolute Gasteiger partial charge is 0.455 e. The predicted molar refractivity (Wildman–Crippen MR) is 113 cm³/mol. The molecule has 2 aliphatic rings. The van der Waals surface area contributed by atoms with Gasteiger partial charge in [-0.3, -0.25) is 0 Å². The second-order valence-electron chi connectivity index (χ2n) is 5.49. The quantitative estimate of drug-likeness (QED) is 0.441. The Bertz CT molecular complexity index is 597. The zero-order valence-electron chi connectivity index (χ0n) is 16.8. The summed E-state index contributed by atoms with van der Waals surface area (Å²) >= 11 is 0. The van der Waals surface area contributed by atoms with Crippen LogP contribution in [0.4, 0.5) is 4.39 Å². The molecule has 1 spiro atoms. The number of aliphatic imine (C=N–C) groups is 1. The Morgan fingerprint density at radius 3 is 2.32 bits per heavy atom. The average Bonchev–Trinajstić information content (AvgIpc) is 3.32. The molecular formula is C22H32FN3OYb. The van der Waals surface area contributed by atoms with E-state index in [1.807, 2.05) is 13.8 Å². The van der Waals surface area contributed by atoms with E-state index in [1.165, 1.54) is 12.1 Å². The summed E-state index contributed by atoms with van der Waals surface area (Å²) in [4.78, 5) is 4.00. The van der Waals surface area contributed by atoms with Crippen molar-refractivity contribution in [3.63, 3.8) is 0 Å². The number of halogens is 1. The van der Waals surface area contributed by atoms with Gasteiger partial charge in [0.15, 0.2) is 0 Å². The second kappa shape index (κ2) is 18.2. The Morgan fingerprint density at radius 1 is 1.39 bits per heavy atom. The number of nitrogens with zero attached hydrogens (tertiary/aromatic N) is 1. The van der Waals surface area contributed by atoms with E-state index >= 15 is 0 Å². The SMILES string of the molecule is C=C[C-]=C(C=C)C[CH2-].CC.Fc1ccccc1.NC1=NCC2(CCNC2)O1.[Yb+2]. The number of benzene rings is 1. The van der Waals surface area contributed by atoms with Crippen LogP contribution in [0, 0.1) is 65.7 Å². The van der Waals surface area contributed by atoms with Gasteiger partial charge in [0.2, 0.25) is 0 Å². The van der Waals surface area contributed by atoms with Crippen LogP contribution >= 0.6 is 0 Å². The maximum atomic E-state index is 11.9. The molecule has 1 aromatic rings. The Morgan fingerprint density at radius 2 is 2.04 bits per heavy atom. The van der Waals surface area contributed by atoms with Gasteiger partial charge < -0.3 is 22.7 Å². The average molecular weight is 547 g/mol. The fraction of sp³-hybridized carbons (Fsp3) is 0.364. The van der Waals surface area contributed by atoms with Crippen LogP contribution in [0.5, 0.6) is 0 Å². The van der Waals surface area contributed by atoms with Gasteiger partial charge in [0.05, 0.1) is 6.54 Å². The van der Waals surface area contributed by atoms with Crippen LogP contribution in [-0.2, 0) is 4.74 Å². The van der Waals surface area contributed by atoms with E-state index in [-0.39, 0.29) is 58.3 Å². The third-order valence-electron chi connectivity index (χ3n) is 3.58. The van der Waals surface area contributed by atoms with Crippen LogP contribution in [-0.4, -0.2) is 31.3 Å². The van der Waals surface area contributed by atoms with Crippen molar-refractivity contribution in [3.8, 4) is 0 Å². The summed E-state index contributed by atoms with van der Waals surface area (Å²) in [5.74, 6) is -0.178. The molecule has 1 aromatic carbocycles. The summed E-state index contributed by atoms with van der Waals surface area (Å²) in [6, 6.07) is 8.29. The number of ether oxygens (including phenoxy) is 1. The van der Waals surface area contributed by atoms with Crippen molar-refractivity contribution in [2.24, 2.45) is 10.7 Å². The summed E-state index contributed by atoms with van der Waals surface area (Å²) in [7, 11) is 0. The normalized spacial score (nSPS) is 19.1. The molecular weight excluding hydrogens is 514 g/mol. The zero-order valence-corrected chi connectivity index (χ0v) is 18.5. The molecule has 0 radical (unpaired) electrons. The van der Waals surface area contributed by atoms with Crippen molar-refractivity contribution in [1.82, 2.24) is 5.32 Å². The summed E-state index contributed by atoms with van der Waals surface area (Å²) in [5, 5.41) is 3.22. The Balaban J connectivity index is 0. The van der Waals surface area contributed by atoms with Crippen molar-refractivity contribution >= 4 is 6.02 Å². The van der Waals surface area contributed by atoms with Gasteiger partial charge in [-0.05, 0) is 18.7 Å². The van der Waals surface area contributed by atoms with E-state index in [4.69, 9.17) is 10.5 Å². The number of hydrogen-bond acceptors (Lipinski definition) is 4. The molecule has 28 heavy (non-hydrogen) atoms. The van der Waals surface area contributed by atoms with Gasteiger partial charge in [0, 0.05) is 13.0 Å². The fourth-order valence-corrected chi connectivity index (χ4v) is 2.23. The van der Waals surface area contributed by atoms with Gasteiger partial charge >= 0.3 is 46.9 Å². The molecule has 1 saturated heterocycles. The van der Waals surface area contributed by atoms with Crippen molar-refractivity contribution in [2.75, 3.05) is 19.6 Å². The van der Waals surface area contributed by atoms with E-state index in [9.17, 15) is 4.39 Å². The standard InChI is InChI=1S/C8H10.C6H5F.C6H11N3O.C2H6.Yb/c1-4-7-8(5-2)6-3;7-6-4-2-1-3-5-6;7-5-9-4-6(10-5)1-2-8-3-6;1-2;/h4-5H,1-3,6H2;1-5H;8H,1-4H2,(H2,7,9);1-2H3;/q-2;;;;+2. The first kappa shape index (κ1) is 29.3. The molecule has 0 aliphatic carbocycles. The maximum Gasteiger partial charge on any atom is 2.00 e. The molecule has 0 bridgehead atoms. The number of rotatable bonds is 3. The van der Waals surface area contributed by atoms with Gasteiger partial charge in [0.25, 0.3) is 6.02 Å². The van der Waals surface area contributed by atoms with Gasteiger partial charge in [0.1, 0.15) is 11.4 Å². The molecule has 0 aromatic heterocycles. The monoisotopic (exact) mass is 547 g/mol. The number of hydrogen-bond donors (Lipinski definition) is 2. The summed E-state index contributed by atoms with van der Waals surface area (Å²) in [6.45, 7) is 17.3. The summed E-state index contributed by atoms with van der Waals surface area (Å²) < 4.78 is 17.3. The third kappa shape index (κ3) is 12.6. The molecule has 0 saturated carbocycles. The maximum absolute atomic E-state index is 11.9. The minimum Gasteiger partial charge on any atom is -0.455 e. The van der Waals surface area contributed by atoms with E-state index in [0.717, 1.165) is 38.0 Å². The Hall–Kier alpha value is -0.881. The largest absolute Gasteiger partial charge is 2.00 e. The molecule has 2 heterocycles. The van der Waals surface area contributed by atoms with Crippen LogP contribution in [0.3, 0.4) is 0 Å². The predicted octanol–water partition coefficient (Wildman–Crippen LogP) is 4.23. The minimum atomic E-state index is -0.178. The minimum absolute atomic E-state index is 0. The molecule has 3 N–H and O–H groups in total. The second-order valence-corrected chi connectivity index (χ2v) is 5.49. The van der Waals surface area contributed by atoms with Crippen LogP contribution < -0.4 is 11.1 Å². The van der Waals surface area contributed by atoms with Gasteiger partial charge in [-0.15, -0.1) is 0 Å². The Kier molecular flexibility index (Phi) is 19.0. The van der Waals surface area contributed by atoms with Gasteiger partial charge in [-0.1, -0.05) is 32.0 Å². The van der Waals surface area contributed by atoms with Gasteiger partial charge in [-0.25, -0.2) is 9.38 Å². The number of nitrogens with two attached hydrogens (primary N) is 1. The van der Waals surface area contributed by atoms with Crippen molar-refractivity contribution < 1.29 is 56.1 Å². The zero-order chi connectivity index (χ0) is 20.5. The van der Waals surface area contributed by atoms with E-state index < -0.39 is 0 Å². The molecule has 1 unspecified atom stereocenters. The van der Waals surface area contributed by atoms with E-state index in [0.29, 0.717) is 6.02 Å². The molecule has 2 aliphatic heterocycles. The Labute approximate surface area is 208 Å². The topological polar surface area (TPSA) is 59.6 Å². The molecule has 6 heteroatoms. The van der Waals surface area contributed by atoms with Gasteiger partial charge in [-0.2, -0.15) is 43.4 Å². The summed E-state index contributed by atoms with van der Waals surface area (Å²) in [6.07, 6.45) is 7.98. The van der Waals surface area contributed by atoms with Crippen LogP contribution in [0.15, 0.2) is 66.2 Å². The first-order valence-corrected chi connectivity index (χ1v) is 9.10. The van der Waals surface area contributed by atoms with Crippen molar-refractivity contribution in [1.29, 1.82) is 0 Å². The van der Waals surface area contributed by atoms with Crippen LogP contribution in [0.1, 0.15) is 26.7 Å². The molecule has 162 valence electrons. The molecule has 3 rings (SSSR count). The summed E-state index contributed by atoms with van der Waals surface area (Å²) in [5.41, 5.74) is 6.31. The molecule has 0 amide bonds. The molecule has 1 fully saturated rings. The fourth-order valence-electron chi connectivity index (χ4n) is 2.23. The molecule has 4 nitrogen and oxygen atoms in total. The van der Waals surface area contributed by atoms with Crippen molar-refractivity contribution in [2.45, 2.75) is 32.3 Å². The number of nitrogens with one attached hydrogen (secondary N) is 1.